The Morgan fingerprint density at radius 1 is 0.360 bits per heavy atom. The van der Waals surface area contributed by atoms with Gasteiger partial charge in [-0.05, 0) is 102 Å². The zero-order chi connectivity index (χ0) is 34.7. The van der Waals surface area contributed by atoms with Gasteiger partial charge in [0.1, 0.15) is 0 Å². The number of rotatable bonds is 15. The van der Waals surface area contributed by atoms with Crippen LogP contribution in [0.2, 0.25) is 0 Å². The Balaban J connectivity index is 1.43. The Morgan fingerprint density at radius 2 is 0.700 bits per heavy atom. The van der Waals surface area contributed by atoms with Gasteiger partial charge in [-0.3, -0.25) is 0 Å². The maximum atomic E-state index is 5.10. The van der Waals surface area contributed by atoms with Crippen LogP contribution < -0.4 is 0 Å². The summed E-state index contributed by atoms with van der Waals surface area (Å²) in [5.41, 5.74) is 10.3. The molecule has 5 aromatic carbocycles. The third-order valence-corrected chi connectivity index (χ3v) is 10.3. The van der Waals surface area contributed by atoms with E-state index in [2.05, 4.69) is 112 Å². The van der Waals surface area contributed by atoms with Crippen LogP contribution in [-0.4, -0.2) is 15.0 Å². The Labute approximate surface area is 314 Å². The monoisotopic (exact) mass is 785 g/mol. The molecule has 0 atom stereocenters. The molecule has 0 fully saturated rings. The van der Waals surface area contributed by atoms with Crippen LogP contribution in [0.1, 0.15) is 76.3 Å². The highest BCUT2D eigenvalue weighted by molar-refractivity contribution is 9.10. The van der Waals surface area contributed by atoms with Gasteiger partial charge < -0.3 is 0 Å². The second-order valence-electron chi connectivity index (χ2n) is 13.1. The van der Waals surface area contributed by atoms with E-state index < -0.39 is 0 Å². The summed E-state index contributed by atoms with van der Waals surface area (Å²) in [5, 5.41) is 0. The summed E-state index contributed by atoms with van der Waals surface area (Å²) in [5.74, 6) is 1.94. The molecule has 0 aliphatic carbocycles. The molecule has 0 amide bonds. The lowest BCUT2D eigenvalue weighted by atomic mass is 9.94. The molecule has 50 heavy (non-hydrogen) atoms. The SMILES string of the molecule is CCCCCCc1ccc(-c2cc(-c3ccc(CCCCCC)cc3)cc(-c3nc(-c4ccc(Br)cc4)nc(-c4ccc(Br)cc4)n3)c2)cc1. The number of aryl methyl sites for hydroxylation is 2. The summed E-state index contributed by atoms with van der Waals surface area (Å²) >= 11 is 7.15. The summed E-state index contributed by atoms with van der Waals surface area (Å²) in [7, 11) is 0. The van der Waals surface area contributed by atoms with Gasteiger partial charge in [0.05, 0.1) is 0 Å². The Bertz CT molecular complexity index is 1830. The second kappa shape index (κ2) is 17.8. The highest BCUT2D eigenvalue weighted by Gasteiger charge is 2.15. The Morgan fingerprint density at radius 3 is 1.08 bits per heavy atom. The first-order valence-corrected chi connectivity index (χ1v) is 19.7. The topological polar surface area (TPSA) is 38.7 Å². The zero-order valence-electron chi connectivity index (χ0n) is 29.1. The molecular weight excluding hydrogens is 742 g/mol. The Kier molecular flexibility index (Phi) is 12.8. The van der Waals surface area contributed by atoms with E-state index in [4.69, 9.17) is 15.0 Å². The molecule has 0 N–H and O–H groups in total. The van der Waals surface area contributed by atoms with Gasteiger partial charge in [-0.1, -0.05) is 157 Å². The van der Waals surface area contributed by atoms with Crippen molar-refractivity contribution in [2.45, 2.75) is 78.1 Å². The van der Waals surface area contributed by atoms with Crippen molar-refractivity contribution in [1.29, 1.82) is 0 Å². The van der Waals surface area contributed by atoms with Crippen LogP contribution in [0.5, 0.6) is 0 Å². The van der Waals surface area contributed by atoms with Crippen molar-refractivity contribution in [3.63, 3.8) is 0 Å². The molecule has 1 heterocycles. The highest BCUT2D eigenvalue weighted by Crippen LogP contribution is 2.34. The molecule has 0 aliphatic heterocycles. The second-order valence-corrected chi connectivity index (χ2v) is 15.0. The van der Waals surface area contributed by atoms with Crippen molar-refractivity contribution in [2.75, 3.05) is 0 Å². The lowest BCUT2D eigenvalue weighted by molar-refractivity contribution is 0.667. The van der Waals surface area contributed by atoms with Crippen LogP contribution in [0.4, 0.5) is 0 Å². The third-order valence-electron chi connectivity index (χ3n) is 9.24. The molecule has 1 aromatic heterocycles. The van der Waals surface area contributed by atoms with Gasteiger partial charge >= 0.3 is 0 Å². The van der Waals surface area contributed by atoms with Crippen molar-refractivity contribution in [2.24, 2.45) is 0 Å². The van der Waals surface area contributed by atoms with Crippen LogP contribution in [-0.2, 0) is 12.8 Å². The molecule has 0 saturated carbocycles. The van der Waals surface area contributed by atoms with Gasteiger partial charge in [-0.25, -0.2) is 15.0 Å². The van der Waals surface area contributed by atoms with E-state index in [1.54, 1.807) is 0 Å². The quantitative estimate of drug-likeness (QED) is 0.0973. The van der Waals surface area contributed by atoms with Crippen LogP contribution in [0.15, 0.2) is 124 Å². The molecule has 0 spiro atoms. The first-order chi connectivity index (χ1) is 24.5. The number of nitrogens with zero attached hydrogens (tertiary/aromatic N) is 3. The first-order valence-electron chi connectivity index (χ1n) is 18.1. The lowest BCUT2D eigenvalue weighted by Crippen LogP contribution is -2.00. The van der Waals surface area contributed by atoms with Crippen molar-refractivity contribution in [1.82, 2.24) is 15.0 Å². The van der Waals surface area contributed by atoms with E-state index >= 15 is 0 Å². The fraction of sp³-hybridized carbons (Fsp3) is 0.267. The summed E-state index contributed by atoms with van der Waals surface area (Å²) in [4.78, 5) is 15.1. The zero-order valence-corrected chi connectivity index (χ0v) is 32.3. The lowest BCUT2D eigenvalue weighted by Gasteiger charge is -2.13. The molecular formula is C45H45Br2N3. The maximum Gasteiger partial charge on any atom is 0.164 e. The number of benzene rings is 5. The largest absolute Gasteiger partial charge is 0.208 e. The van der Waals surface area contributed by atoms with E-state index in [0.717, 1.165) is 49.6 Å². The van der Waals surface area contributed by atoms with Gasteiger partial charge in [0, 0.05) is 25.6 Å². The molecule has 3 nitrogen and oxygen atoms in total. The Hall–Kier alpha value is -3.93. The van der Waals surface area contributed by atoms with Crippen molar-refractivity contribution >= 4 is 31.9 Å². The van der Waals surface area contributed by atoms with Gasteiger partial charge in [0.25, 0.3) is 0 Å². The normalized spacial score (nSPS) is 11.2. The molecule has 0 bridgehead atoms. The molecule has 6 aromatic rings. The van der Waals surface area contributed by atoms with Crippen LogP contribution >= 0.6 is 31.9 Å². The molecule has 0 saturated heterocycles. The minimum atomic E-state index is 0.646. The van der Waals surface area contributed by atoms with Gasteiger partial charge in [-0.2, -0.15) is 0 Å². The van der Waals surface area contributed by atoms with Gasteiger partial charge in [0.2, 0.25) is 0 Å². The van der Waals surface area contributed by atoms with Crippen LogP contribution in [0.25, 0.3) is 56.4 Å². The number of unbranched alkanes of at least 4 members (excludes halogenated alkanes) is 6. The number of aromatic nitrogens is 3. The van der Waals surface area contributed by atoms with Crippen molar-refractivity contribution in [3.05, 3.63) is 135 Å². The van der Waals surface area contributed by atoms with E-state index in [0.29, 0.717) is 17.5 Å². The van der Waals surface area contributed by atoms with Crippen molar-refractivity contribution < 1.29 is 0 Å². The molecule has 6 rings (SSSR count). The van der Waals surface area contributed by atoms with E-state index in [9.17, 15) is 0 Å². The van der Waals surface area contributed by atoms with Gasteiger partial charge in [-0.15, -0.1) is 0 Å². The predicted octanol–water partition coefficient (Wildman–Crippen LogP) is 14.0. The van der Waals surface area contributed by atoms with Crippen molar-refractivity contribution in [3.8, 4) is 56.4 Å². The highest BCUT2D eigenvalue weighted by atomic mass is 79.9. The summed E-state index contributed by atoms with van der Waals surface area (Å²) in [6.45, 7) is 4.53. The fourth-order valence-corrected chi connectivity index (χ4v) is 6.82. The maximum absolute atomic E-state index is 5.10. The van der Waals surface area contributed by atoms with Gasteiger partial charge in [0.15, 0.2) is 17.5 Å². The smallest absolute Gasteiger partial charge is 0.164 e. The average molecular weight is 788 g/mol. The van der Waals surface area contributed by atoms with E-state index in [-0.39, 0.29) is 0 Å². The molecule has 0 unspecified atom stereocenters. The summed E-state index contributed by atoms with van der Waals surface area (Å²) in [6.07, 6.45) is 12.4. The van der Waals surface area contributed by atoms with E-state index in [1.807, 2.05) is 48.5 Å². The van der Waals surface area contributed by atoms with E-state index in [1.165, 1.54) is 73.6 Å². The van der Waals surface area contributed by atoms with Crippen LogP contribution in [0.3, 0.4) is 0 Å². The molecule has 5 heteroatoms. The minimum Gasteiger partial charge on any atom is -0.208 e. The minimum absolute atomic E-state index is 0.646. The standard InChI is InChI=1S/C45H45Br2N3/c1-3-5-7-9-11-32-13-17-34(18-14-32)38-29-39(35-19-15-33(16-20-35)12-10-8-6-4-2)31-40(30-38)45-49-43(36-21-25-41(46)26-22-36)48-44(50-45)37-23-27-42(47)28-24-37/h13-31H,3-12H2,1-2H3. The average Bonchev–Trinajstić information content (AvgIpc) is 3.16. The fourth-order valence-electron chi connectivity index (χ4n) is 6.29. The summed E-state index contributed by atoms with van der Waals surface area (Å²) in [6, 6.07) is 41.3. The summed E-state index contributed by atoms with van der Waals surface area (Å²) < 4.78 is 2.03. The molecule has 0 aliphatic rings. The van der Waals surface area contributed by atoms with Crippen LogP contribution in [0, 0.1) is 0 Å². The number of halogens is 2. The predicted molar refractivity (Wildman–Crippen MR) is 218 cm³/mol. The third kappa shape index (κ3) is 9.64. The number of hydrogen-bond donors (Lipinski definition) is 0. The molecule has 254 valence electrons. The number of hydrogen-bond acceptors (Lipinski definition) is 3. The first kappa shape index (κ1) is 35.9. The molecule has 0 radical (unpaired) electrons.